The number of benzene rings is 1. The lowest BCUT2D eigenvalue weighted by atomic mass is 9.93. The van der Waals surface area contributed by atoms with Crippen LogP contribution < -0.4 is 5.32 Å². The summed E-state index contributed by atoms with van der Waals surface area (Å²) in [6.07, 6.45) is 6.15. The molecular formula is C19H25FN2O3S. The standard InChI is InChI=1S/C19H25FN2O3S/c20-16-5-7-17(8-6-16)26(24,25)22-9-1-2-15(12-22)19(23)21-18-11-13-3-4-14(18)10-13/h5-8,13-15,18H,1-4,9-12H2,(H,21,23)/t13-,14-,15-,18+/m0/s1. The van der Waals surface area contributed by atoms with Crippen LogP contribution in [0.3, 0.4) is 0 Å². The van der Waals surface area contributed by atoms with Crippen molar-refractivity contribution >= 4 is 15.9 Å². The van der Waals surface area contributed by atoms with E-state index in [4.69, 9.17) is 0 Å². The van der Waals surface area contributed by atoms with Crippen molar-refractivity contribution in [3.8, 4) is 0 Å². The minimum absolute atomic E-state index is 0.0124. The van der Waals surface area contributed by atoms with E-state index in [0.717, 1.165) is 24.5 Å². The number of carbonyl (C=O) groups excluding carboxylic acids is 1. The van der Waals surface area contributed by atoms with Gasteiger partial charge >= 0.3 is 0 Å². The van der Waals surface area contributed by atoms with Gasteiger partial charge in [-0.2, -0.15) is 4.31 Å². The minimum Gasteiger partial charge on any atom is -0.353 e. The van der Waals surface area contributed by atoms with Crippen molar-refractivity contribution in [1.29, 1.82) is 0 Å². The zero-order valence-electron chi connectivity index (χ0n) is 14.7. The van der Waals surface area contributed by atoms with Crippen molar-refractivity contribution in [2.45, 2.75) is 49.5 Å². The summed E-state index contributed by atoms with van der Waals surface area (Å²) in [5.74, 6) is 0.573. The number of hydrogen-bond donors (Lipinski definition) is 1. The lowest BCUT2D eigenvalue weighted by Crippen LogP contribution is -2.48. The quantitative estimate of drug-likeness (QED) is 0.873. The molecule has 3 fully saturated rings. The molecule has 1 aromatic carbocycles. The van der Waals surface area contributed by atoms with Crippen molar-refractivity contribution < 1.29 is 17.6 Å². The molecule has 1 aromatic rings. The number of nitrogens with one attached hydrogen (secondary N) is 1. The van der Waals surface area contributed by atoms with Crippen LogP contribution in [0.1, 0.15) is 38.5 Å². The van der Waals surface area contributed by atoms with Crippen LogP contribution in [0.4, 0.5) is 4.39 Å². The Labute approximate surface area is 154 Å². The number of fused-ring (bicyclic) bond motifs is 2. The third kappa shape index (κ3) is 3.39. The number of amides is 1. The number of rotatable bonds is 4. The van der Waals surface area contributed by atoms with Crippen LogP contribution in [-0.4, -0.2) is 37.8 Å². The van der Waals surface area contributed by atoms with E-state index in [9.17, 15) is 17.6 Å². The average Bonchev–Trinajstić information content (AvgIpc) is 3.25. The topological polar surface area (TPSA) is 66.5 Å². The summed E-state index contributed by atoms with van der Waals surface area (Å²) in [7, 11) is -3.69. The Hall–Kier alpha value is -1.47. The highest BCUT2D eigenvalue weighted by atomic mass is 32.2. The lowest BCUT2D eigenvalue weighted by molar-refractivity contribution is -0.127. The van der Waals surface area contributed by atoms with Gasteiger partial charge in [0.15, 0.2) is 0 Å². The molecule has 0 radical (unpaired) electrons. The van der Waals surface area contributed by atoms with E-state index in [2.05, 4.69) is 5.32 Å². The minimum atomic E-state index is -3.69. The van der Waals surface area contributed by atoms with Crippen LogP contribution in [0.25, 0.3) is 0 Å². The first kappa shape index (κ1) is 17.9. The SMILES string of the molecule is O=C(N[C@@H]1C[C@H]2CC[C@H]1C2)[C@H]1CCCN(S(=O)(=O)c2ccc(F)cc2)C1. The highest BCUT2D eigenvalue weighted by Gasteiger charge is 2.41. The Kier molecular flexibility index (Phi) is 4.77. The van der Waals surface area contributed by atoms with Gasteiger partial charge in [-0.15, -0.1) is 0 Å². The molecule has 142 valence electrons. The third-order valence-electron chi connectivity index (χ3n) is 6.27. The van der Waals surface area contributed by atoms with Crippen LogP contribution in [0, 0.1) is 23.6 Å². The van der Waals surface area contributed by atoms with E-state index < -0.39 is 15.8 Å². The maximum absolute atomic E-state index is 13.1. The van der Waals surface area contributed by atoms with Gasteiger partial charge in [-0.3, -0.25) is 4.79 Å². The van der Waals surface area contributed by atoms with Crippen molar-refractivity contribution in [1.82, 2.24) is 9.62 Å². The molecule has 4 rings (SSSR count). The summed E-state index contributed by atoms with van der Waals surface area (Å²) in [6.45, 7) is 0.601. The van der Waals surface area contributed by atoms with Crippen molar-refractivity contribution in [2.75, 3.05) is 13.1 Å². The molecule has 0 aromatic heterocycles. The molecule has 3 aliphatic rings. The second-order valence-corrected chi connectivity index (χ2v) is 9.88. The molecule has 7 heteroatoms. The maximum Gasteiger partial charge on any atom is 0.243 e. The van der Waals surface area contributed by atoms with Gasteiger partial charge in [0.1, 0.15) is 5.82 Å². The third-order valence-corrected chi connectivity index (χ3v) is 8.15. The summed E-state index contributed by atoms with van der Waals surface area (Å²) < 4.78 is 40.0. The fourth-order valence-corrected chi connectivity index (χ4v) is 6.38. The number of nitrogens with zero attached hydrogens (tertiary/aromatic N) is 1. The molecule has 1 amide bonds. The first-order valence-electron chi connectivity index (χ1n) is 9.49. The van der Waals surface area contributed by atoms with Crippen LogP contribution in [0.2, 0.25) is 0 Å². The van der Waals surface area contributed by atoms with E-state index in [1.165, 1.54) is 35.7 Å². The largest absolute Gasteiger partial charge is 0.353 e. The molecule has 2 bridgehead atoms. The van der Waals surface area contributed by atoms with Gasteiger partial charge in [0, 0.05) is 19.1 Å². The number of piperidine rings is 1. The number of hydrogen-bond acceptors (Lipinski definition) is 3. The number of sulfonamides is 1. The summed E-state index contributed by atoms with van der Waals surface area (Å²) >= 11 is 0. The summed E-state index contributed by atoms with van der Waals surface area (Å²) in [4.78, 5) is 12.8. The molecule has 2 aliphatic carbocycles. The van der Waals surface area contributed by atoms with Crippen LogP contribution in [0.15, 0.2) is 29.2 Å². The van der Waals surface area contributed by atoms with Gasteiger partial charge < -0.3 is 5.32 Å². The van der Waals surface area contributed by atoms with Crippen LogP contribution >= 0.6 is 0 Å². The first-order chi connectivity index (χ1) is 12.4. The maximum atomic E-state index is 13.1. The molecule has 1 heterocycles. The Bertz CT molecular complexity index is 780. The highest BCUT2D eigenvalue weighted by Crippen LogP contribution is 2.44. The predicted octanol–water partition coefficient (Wildman–Crippen LogP) is 2.53. The van der Waals surface area contributed by atoms with Crippen molar-refractivity contribution in [2.24, 2.45) is 17.8 Å². The average molecular weight is 380 g/mol. The van der Waals surface area contributed by atoms with E-state index in [1.54, 1.807) is 0 Å². The van der Waals surface area contributed by atoms with E-state index in [1.807, 2.05) is 0 Å². The zero-order valence-corrected chi connectivity index (χ0v) is 15.6. The van der Waals surface area contributed by atoms with Gasteiger partial charge in [0.2, 0.25) is 15.9 Å². The van der Waals surface area contributed by atoms with Gasteiger partial charge in [0.25, 0.3) is 0 Å². The molecule has 5 nitrogen and oxygen atoms in total. The second kappa shape index (κ2) is 6.93. The van der Waals surface area contributed by atoms with Crippen molar-refractivity contribution in [3.05, 3.63) is 30.1 Å². The molecule has 0 unspecified atom stereocenters. The Morgan fingerprint density at radius 2 is 1.88 bits per heavy atom. The smallest absolute Gasteiger partial charge is 0.243 e. The van der Waals surface area contributed by atoms with E-state index >= 15 is 0 Å². The van der Waals surface area contributed by atoms with Gasteiger partial charge in [-0.1, -0.05) is 6.42 Å². The number of carbonyl (C=O) groups is 1. The normalized spacial score (nSPS) is 31.9. The molecule has 2 saturated carbocycles. The fourth-order valence-electron chi connectivity index (χ4n) is 4.85. The molecule has 1 aliphatic heterocycles. The van der Waals surface area contributed by atoms with Crippen LogP contribution in [-0.2, 0) is 14.8 Å². The summed E-state index contributed by atoms with van der Waals surface area (Å²) in [5.41, 5.74) is 0. The Balaban J connectivity index is 1.42. The highest BCUT2D eigenvalue weighted by molar-refractivity contribution is 7.89. The number of halogens is 1. The Morgan fingerprint density at radius 1 is 1.12 bits per heavy atom. The van der Waals surface area contributed by atoms with E-state index in [0.29, 0.717) is 25.3 Å². The van der Waals surface area contributed by atoms with Crippen molar-refractivity contribution in [3.63, 3.8) is 0 Å². The molecule has 4 atom stereocenters. The monoisotopic (exact) mass is 380 g/mol. The summed E-state index contributed by atoms with van der Waals surface area (Å²) in [5, 5.41) is 3.19. The van der Waals surface area contributed by atoms with E-state index in [-0.39, 0.29) is 29.3 Å². The van der Waals surface area contributed by atoms with Crippen LogP contribution in [0.5, 0.6) is 0 Å². The summed E-state index contributed by atoms with van der Waals surface area (Å²) in [6, 6.07) is 5.13. The van der Waals surface area contributed by atoms with Gasteiger partial charge in [0.05, 0.1) is 10.8 Å². The molecular weight excluding hydrogens is 355 g/mol. The molecule has 1 N–H and O–H groups in total. The molecule has 1 saturated heterocycles. The van der Waals surface area contributed by atoms with Gasteiger partial charge in [-0.05, 0) is 68.2 Å². The predicted molar refractivity (Wildman–Crippen MR) is 95.3 cm³/mol. The Morgan fingerprint density at radius 3 is 2.54 bits per heavy atom. The lowest BCUT2D eigenvalue weighted by Gasteiger charge is -2.32. The zero-order chi connectivity index (χ0) is 18.3. The van der Waals surface area contributed by atoms with Gasteiger partial charge in [-0.25, -0.2) is 12.8 Å². The first-order valence-corrected chi connectivity index (χ1v) is 10.9. The molecule has 26 heavy (non-hydrogen) atoms. The molecule has 0 spiro atoms. The second-order valence-electron chi connectivity index (χ2n) is 7.95. The fraction of sp³-hybridized carbons (Fsp3) is 0.632.